The molecule has 3 nitrogen and oxygen atoms in total. The Bertz CT molecular complexity index is 721. The van der Waals surface area contributed by atoms with Crippen molar-refractivity contribution >= 4 is 32.6 Å². The normalized spacial score (nSPS) is 10.8. The number of nitrogens with one attached hydrogen (secondary N) is 1. The molecule has 19 heavy (non-hydrogen) atoms. The molecule has 0 aliphatic rings. The van der Waals surface area contributed by atoms with Crippen molar-refractivity contribution in [3.05, 3.63) is 58.5 Å². The van der Waals surface area contributed by atoms with Crippen molar-refractivity contribution in [1.82, 2.24) is 4.98 Å². The second kappa shape index (κ2) is 5.05. The molecule has 0 unspecified atom stereocenters. The van der Waals surface area contributed by atoms with Gasteiger partial charge in [0.2, 0.25) is 0 Å². The Morgan fingerprint density at radius 1 is 1.21 bits per heavy atom. The highest BCUT2D eigenvalue weighted by molar-refractivity contribution is 9.10. The Morgan fingerprint density at radius 2 is 2.05 bits per heavy atom. The molecular formula is C15H13BrN2O. The fourth-order valence-corrected chi connectivity index (χ4v) is 2.48. The Labute approximate surface area is 119 Å². The van der Waals surface area contributed by atoms with Crippen molar-refractivity contribution in [3.8, 4) is 0 Å². The molecule has 0 amide bonds. The summed E-state index contributed by atoms with van der Waals surface area (Å²) in [7, 11) is 0. The average molecular weight is 317 g/mol. The van der Waals surface area contributed by atoms with E-state index >= 15 is 0 Å². The molecule has 0 bridgehead atoms. The molecule has 0 atom stereocenters. The molecule has 1 aromatic carbocycles. The first-order chi connectivity index (χ1) is 9.24. The number of anilines is 1. The van der Waals surface area contributed by atoms with E-state index in [0.717, 1.165) is 39.1 Å². The van der Waals surface area contributed by atoms with Crippen molar-refractivity contribution in [2.45, 2.75) is 13.5 Å². The number of benzene rings is 1. The lowest BCUT2D eigenvalue weighted by molar-refractivity contribution is 0.611. The first-order valence-corrected chi connectivity index (χ1v) is 6.85. The van der Waals surface area contributed by atoms with Gasteiger partial charge >= 0.3 is 0 Å². The molecule has 0 spiro atoms. The second-order valence-electron chi connectivity index (χ2n) is 4.38. The number of furan rings is 1. The van der Waals surface area contributed by atoms with Crippen LogP contribution >= 0.6 is 15.9 Å². The minimum Gasteiger partial charge on any atom is -0.464 e. The van der Waals surface area contributed by atoms with Crippen LogP contribution in [0.3, 0.4) is 0 Å². The average Bonchev–Trinajstić information content (AvgIpc) is 2.81. The van der Waals surface area contributed by atoms with Crippen LogP contribution in [-0.4, -0.2) is 4.98 Å². The first-order valence-electron chi connectivity index (χ1n) is 6.06. The summed E-state index contributed by atoms with van der Waals surface area (Å²) in [6.07, 6.45) is 1.80. The smallest absolute Gasteiger partial charge is 0.134 e. The summed E-state index contributed by atoms with van der Waals surface area (Å²) in [5.41, 5.74) is 4.08. The maximum absolute atomic E-state index is 5.52. The van der Waals surface area contributed by atoms with Gasteiger partial charge in [-0.2, -0.15) is 0 Å². The third-order valence-corrected chi connectivity index (χ3v) is 3.52. The van der Waals surface area contributed by atoms with Crippen LogP contribution in [0.5, 0.6) is 0 Å². The van der Waals surface area contributed by atoms with Gasteiger partial charge in [-0.3, -0.25) is 0 Å². The molecule has 4 heteroatoms. The third-order valence-electron chi connectivity index (χ3n) is 3.08. The van der Waals surface area contributed by atoms with Crippen molar-refractivity contribution < 1.29 is 4.42 Å². The van der Waals surface area contributed by atoms with Gasteiger partial charge < -0.3 is 9.73 Å². The summed E-state index contributed by atoms with van der Waals surface area (Å²) in [5.74, 6) is 0. The van der Waals surface area contributed by atoms with Crippen LogP contribution < -0.4 is 5.32 Å². The van der Waals surface area contributed by atoms with Crippen molar-refractivity contribution in [2.24, 2.45) is 0 Å². The number of rotatable bonds is 3. The summed E-state index contributed by atoms with van der Waals surface area (Å²) < 4.78 is 6.37. The number of aryl methyl sites for hydroxylation is 1. The number of hydrogen-bond donors (Lipinski definition) is 1. The molecule has 3 rings (SSSR count). The fraction of sp³-hybridized carbons (Fsp3) is 0.133. The predicted molar refractivity (Wildman–Crippen MR) is 80.2 cm³/mol. The zero-order valence-corrected chi connectivity index (χ0v) is 12.1. The van der Waals surface area contributed by atoms with E-state index in [4.69, 9.17) is 4.42 Å². The minimum atomic E-state index is 0.723. The van der Waals surface area contributed by atoms with E-state index in [1.807, 2.05) is 37.3 Å². The monoisotopic (exact) mass is 316 g/mol. The molecule has 1 N–H and O–H groups in total. The largest absolute Gasteiger partial charge is 0.464 e. The molecule has 0 radical (unpaired) electrons. The van der Waals surface area contributed by atoms with Gasteiger partial charge in [0.25, 0.3) is 0 Å². The second-order valence-corrected chi connectivity index (χ2v) is 5.19. The highest BCUT2D eigenvalue weighted by Crippen LogP contribution is 2.22. The van der Waals surface area contributed by atoms with Gasteiger partial charge in [-0.05, 0) is 41.1 Å². The topological polar surface area (TPSA) is 38.1 Å². The van der Waals surface area contributed by atoms with Gasteiger partial charge in [0.05, 0.1) is 17.6 Å². The molecule has 2 aromatic heterocycles. The van der Waals surface area contributed by atoms with Crippen LogP contribution in [0, 0.1) is 6.92 Å². The van der Waals surface area contributed by atoms with Gasteiger partial charge in [-0.15, -0.1) is 0 Å². The standard InChI is InChI=1S/C15H13BrN2O/c1-10-13(6-7-15(16)18-10)17-8-11-9-19-14-5-3-2-4-12(11)14/h2-7,9,17H,8H2,1H3. The zero-order valence-electron chi connectivity index (χ0n) is 10.5. The van der Waals surface area contributed by atoms with Crippen LogP contribution in [0.2, 0.25) is 0 Å². The summed E-state index contributed by atoms with van der Waals surface area (Å²) in [4.78, 5) is 4.37. The van der Waals surface area contributed by atoms with E-state index in [1.54, 1.807) is 6.26 Å². The van der Waals surface area contributed by atoms with E-state index < -0.39 is 0 Å². The van der Waals surface area contributed by atoms with Crippen LogP contribution in [0.4, 0.5) is 5.69 Å². The number of para-hydroxylation sites is 1. The molecule has 96 valence electrons. The maximum atomic E-state index is 5.52. The Morgan fingerprint density at radius 3 is 2.89 bits per heavy atom. The van der Waals surface area contributed by atoms with Gasteiger partial charge in [-0.25, -0.2) is 4.98 Å². The van der Waals surface area contributed by atoms with Gasteiger partial charge in [0.15, 0.2) is 0 Å². The Kier molecular flexibility index (Phi) is 3.25. The molecule has 0 fully saturated rings. The summed E-state index contributed by atoms with van der Waals surface area (Å²) in [6, 6.07) is 12.0. The van der Waals surface area contributed by atoms with Crippen LogP contribution in [0.15, 0.2) is 51.7 Å². The lowest BCUT2D eigenvalue weighted by atomic mass is 10.2. The van der Waals surface area contributed by atoms with E-state index in [-0.39, 0.29) is 0 Å². The summed E-state index contributed by atoms with van der Waals surface area (Å²) in [6.45, 7) is 2.71. The predicted octanol–water partition coefficient (Wildman–Crippen LogP) is 4.51. The van der Waals surface area contributed by atoms with E-state index in [1.165, 1.54) is 0 Å². The summed E-state index contributed by atoms with van der Waals surface area (Å²) >= 11 is 3.36. The Balaban J connectivity index is 1.82. The molecule has 0 saturated carbocycles. The molecule has 0 aliphatic carbocycles. The molecular weight excluding hydrogens is 304 g/mol. The highest BCUT2D eigenvalue weighted by Gasteiger charge is 2.06. The van der Waals surface area contributed by atoms with Crippen molar-refractivity contribution in [2.75, 3.05) is 5.32 Å². The van der Waals surface area contributed by atoms with Crippen LogP contribution in [-0.2, 0) is 6.54 Å². The first kappa shape index (κ1) is 12.2. The quantitative estimate of drug-likeness (QED) is 0.722. The van der Waals surface area contributed by atoms with Gasteiger partial charge in [0.1, 0.15) is 10.2 Å². The van der Waals surface area contributed by atoms with Crippen LogP contribution in [0.25, 0.3) is 11.0 Å². The fourth-order valence-electron chi connectivity index (χ4n) is 2.08. The van der Waals surface area contributed by atoms with E-state index in [2.05, 4.69) is 32.3 Å². The number of halogens is 1. The zero-order chi connectivity index (χ0) is 13.2. The number of nitrogens with zero attached hydrogens (tertiary/aromatic N) is 1. The summed E-state index contributed by atoms with van der Waals surface area (Å²) in [5, 5.41) is 4.54. The van der Waals surface area contributed by atoms with Crippen LogP contribution in [0.1, 0.15) is 11.3 Å². The van der Waals surface area contributed by atoms with Gasteiger partial charge in [-0.1, -0.05) is 18.2 Å². The highest BCUT2D eigenvalue weighted by atomic mass is 79.9. The minimum absolute atomic E-state index is 0.723. The number of hydrogen-bond acceptors (Lipinski definition) is 3. The van der Waals surface area contributed by atoms with Crippen molar-refractivity contribution in [1.29, 1.82) is 0 Å². The lowest BCUT2D eigenvalue weighted by Crippen LogP contribution is -2.01. The maximum Gasteiger partial charge on any atom is 0.134 e. The van der Waals surface area contributed by atoms with E-state index in [0.29, 0.717) is 0 Å². The molecule has 0 saturated heterocycles. The molecule has 2 heterocycles. The lowest BCUT2D eigenvalue weighted by Gasteiger charge is -2.08. The number of pyridine rings is 1. The molecule has 3 aromatic rings. The third kappa shape index (κ3) is 2.49. The molecule has 0 aliphatic heterocycles. The number of fused-ring (bicyclic) bond motifs is 1. The SMILES string of the molecule is Cc1nc(Br)ccc1NCc1coc2ccccc12. The van der Waals surface area contributed by atoms with Gasteiger partial charge in [0, 0.05) is 17.5 Å². The number of aromatic nitrogens is 1. The van der Waals surface area contributed by atoms with Crippen molar-refractivity contribution in [3.63, 3.8) is 0 Å². The van der Waals surface area contributed by atoms with E-state index in [9.17, 15) is 0 Å². The Hall–Kier alpha value is -1.81.